The lowest BCUT2D eigenvalue weighted by Crippen LogP contribution is -2.41. The van der Waals surface area contributed by atoms with Gasteiger partial charge in [0.25, 0.3) is 0 Å². The molecule has 1 heterocycles. The van der Waals surface area contributed by atoms with Crippen LogP contribution in [-0.4, -0.2) is 44.5 Å². The van der Waals surface area contributed by atoms with Crippen molar-refractivity contribution in [1.82, 2.24) is 0 Å². The molecule has 2 rings (SSSR count). The van der Waals surface area contributed by atoms with E-state index in [0.717, 1.165) is 11.4 Å². The number of hydrogen-bond donors (Lipinski definition) is 1. The van der Waals surface area contributed by atoms with Crippen LogP contribution >= 0.6 is 0 Å². The average molecular weight is 251 g/mol. The number of methoxy groups -OCH3 is 1. The van der Waals surface area contributed by atoms with Gasteiger partial charge in [0, 0.05) is 13.7 Å². The Morgan fingerprint density at radius 2 is 2.39 bits per heavy atom. The van der Waals surface area contributed by atoms with E-state index >= 15 is 0 Å². The van der Waals surface area contributed by atoms with Gasteiger partial charge in [0.2, 0.25) is 0 Å². The number of benzene rings is 1. The minimum absolute atomic E-state index is 0.115. The quantitative estimate of drug-likeness (QED) is 0.814. The highest BCUT2D eigenvalue weighted by molar-refractivity contribution is 5.91. The van der Waals surface area contributed by atoms with Crippen LogP contribution in [-0.2, 0) is 4.74 Å². The maximum absolute atomic E-state index is 11.5. The molecule has 1 aromatic carbocycles. The molecule has 0 aromatic heterocycles. The topological polar surface area (TPSA) is 59.0 Å². The fourth-order valence-corrected chi connectivity index (χ4v) is 2.08. The Morgan fingerprint density at radius 3 is 3.06 bits per heavy atom. The number of likely N-dealkylation sites (N-methyl/N-ethyl adjacent to an activating group) is 1. The Morgan fingerprint density at radius 1 is 1.61 bits per heavy atom. The van der Waals surface area contributed by atoms with Crippen LogP contribution in [0.4, 0.5) is 5.69 Å². The number of hydrogen-bond acceptors (Lipinski definition) is 5. The van der Waals surface area contributed by atoms with Gasteiger partial charge in [-0.1, -0.05) is 0 Å². The van der Waals surface area contributed by atoms with E-state index in [-0.39, 0.29) is 18.6 Å². The molecule has 1 atom stereocenters. The molecular weight excluding hydrogens is 234 g/mol. The van der Waals surface area contributed by atoms with Gasteiger partial charge in [0.05, 0.1) is 24.4 Å². The number of aliphatic hydroxyl groups excluding tert-OH is 1. The SMILES string of the molecule is COC(=O)c1ccc2c(c1)N(C)C(CCO)CO2. The molecule has 0 aliphatic carbocycles. The van der Waals surface area contributed by atoms with Crippen LogP contribution in [0.3, 0.4) is 0 Å². The number of ether oxygens (including phenoxy) is 2. The molecule has 0 spiro atoms. The molecule has 1 unspecified atom stereocenters. The standard InChI is InChI=1S/C13H17NO4/c1-14-10(5-6-15)8-18-12-4-3-9(7-11(12)14)13(16)17-2/h3-4,7,10,15H,5-6,8H2,1-2H3. The molecule has 0 saturated carbocycles. The Bertz CT molecular complexity index is 447. The second-order valence-electron chi connectivity index (χ2n) is 4.26. The maximum Gasteiger partial charge on any atom is 0.337 e. The van der Waals surface area contributed by atoms with E-state index in [1.165, 1.54) is 7.11 Å². The van der Waals surface area contributed by atoms with Gasteiger partial charge in [0.15, 0.2) is 0 Å². The monoisotopic (exact) mass is 251 g/mol. The number of carbonyl (C=O) groups excluding carboxylic acids is 1. The summed E-state index contributed by atoms with van der Waals surface area (Å²) in [4.78, 5) is 13.5. The Hall–Kier alpha value is -1.75. The molecule has 0 radical (unpaired) electrons. The number of rotatable bonds is 3. The van der Waals surface area contributed by atoms with Crippen LogP contribution < -0.4 is 9.64 Å². The number of anilines is 1. The van der Waals surface area contributed by atoms with E-state index in [0.29, 0.717) is 18.6 Å². The van der Waals surface area contributed by atoms with Gasteiger partial charge in [-0.25, -0.2) is 4.79 Å². The molecule has 98 valence electrons. The first-order valence-electron chi connectivity index (χ1n) is 5.86. The van der Waals surface area contributed by atoms with Crippen LogP contribution in [0.1, 0.15) is 16.8 Å². The largest absolute Gasteiger partial charge is 0.489 e. The normalized spacial score (nSPS) is 17.9. The highest BCUT2D eigenvalue weighted by atomic mass is 16.5. The van der Waals surface area contributed by atoms with Gasteiger partial charge in [-0.15, -0.1) is 0 Å². The molecule has 0 bridgehead atoms. The number of fused-ring (bicyclic) bond motifs is 1. The van der Waals surface area contributed by atoms with Gasteiger partial charge in [-0.3, -0.25) is 0 Å². The van der Waals surface area contributed by atoms with Crippen molar-refractivity contribution >= 4 is 11.7 Å². The van der Waals surface area contributed by atoms with Crippen LogP contribution in [0.25, 0.3) is 0 Å². The summed E-state index contributed by atoms with van der Waals surface area (Å²) < 4.78 is 10.3. The Kier molecular flexibility index (Phi) is 3.72. The van der Waals surface area contributed by atoms with Crippen molar-refractivity contribution in [1.29, 1.82) is 0 Å². The molecule has 5 heteroatoms. The van der Waals surface area contributed by atoms with Crippen molar-refractivity contribution < 1.29 is 19.4 Å². The van der Waals surface area contributed by atoms with Crippen molar-refractivity contribution in [2.45, 2.75) is 12.5 Å². The summed E-state index contributed by atoms with van der Waals surface area (Å²) in [5.41, 5.74) is 1.35. The van der Waals surface area contributed by atoms with Crippen LogP contribution in [0.15, 0.2) is 18.2 Å². The van der Waals surface area contributed by atoms with E-state index in [1.54, 1.807) is 18.2 Å². The van der Waals surface area contributed by atoms with Gasteiger partial charge >= 0.3 is 5.97 Å². The zero-order valence-electron chi connectivity index (χ0n) is 10.5. The average Bonchev–Trinajstić information content (AvgIpc) is 2.41. The third-order valence-corrected chi connectivity index (χ3v) is 3.20. The van der Waals surface area contributed by atoms with Crippen LogP contribution in [0.2, 0.25) is 0 Å². The lowest BCUT2D eigenvalue weighted by Gasteiger charge is -2.35. The molecule has 1 aliphatic heterocycles. The lowest BCUT2D eigenvalue weighted by atomic mass is 10.1. The smallest absolute Gasteiger partial charge is 0.337 e. The van der Waals surface area contributed by atoms with Crippen LogP contribution in [0, 0.1) is 0 Å². The number of carbonyl (C=O) groups is 1. The molecule has 1 N–H and O–H groups in total. The summed E-state index contributed by atoms with van der Waals surface area (Å²) in [7, 11) is 3.29. The molecule has 0 saturated heterocycles. The Balaban J connectivity index is 2.30. The van der Waals surface area contributed by atoms with E-state index < -0.39 is 0 Å². The molecule has 1 aromatic rings. The highest BCUT2D eigenvalue weighted by Crippen LogP contribution is 2.34. The van der Waals surface area contributed by atoms with E-state index in [9.17, 15) is 4.79 Å². The van der Waals surface area contributed by atoms with Gasteiger partial charge in [-0.05, 0) is 24.6 Å². The van der Waals surface area contributed by atoms with Gasteiger partial charge in [-0.2, -0.15) is 0 Å². The zero-order chi connectivity index (χ0) is 13.1. The van der Waals surface area contributed by atoms with Gasteiger partial charge < -0.3 is 19.5 Å². The third kappa shape index (κ3) is 2.26. The summed E-state index contributed by atoms with van der Waals surface area (Å²) in [6.07, 6.45) is 0.637. The number of esters is 1. The fourth-order valence-electron chi connectivity index (χ4n) is 2.08. The number of nitrogens with zero attached hydrogens (tertiary/aromatic N) is 1. The molecule has 0 amide bonds. The molecule has 18 heavy (non-hydrogen) atoms. The van der Waals surface area contributed by atoms with E-state index in [4.69, 9.17) is 14.6 Å². The fraction of sp³-hybridized carbons (Fsp3) is 0.462. The van der Waals surface area contributed by atoms with Crippen LogP contribution in [0.5, 0.6) is 5.75 Å². The molecule has 5 nitrogen and oxygen atoms in total. The van der Waals surface area contributed by atoms with Crippen molar-refractivity contribution in [3.05, 3.63) is 23.8 Å². The second-order valence-corrected chi connectivity index (χ2v) is 4.26. The first kappa shape index (κ1) is 12.7. The summed E-state index contributed by atoms with van der Waals surface area (Å²) >= 11 is 0. The minimum Gasteiger partial charge on any atom is -0.489 e. The second kappa shape index (κ2) is 5.27. The first-order valence-corrected chi connectivity index (χ1v) is 5.86. The van der Waals surface area contributed by atoms with Crippen molar-refractivity contribution in [3.8, 4) is 5.75 Å². The highest BCUT2D eigenvalue weighted by Gasteiger charge is 2.25. The first-order chi connectivity index (χ1) is 8.67. The summed E-state index contributed by atoms with van der Waals surface area (Å²) in [5.74, 6) is 0.384. The van der Waals surface area contributed by atoms with Crippen molar-refractivity contribution in [2.24, 2.45) is 0 Å². The summed E-state index contributed by atoms with van der Waals surface area (Å²) in [5, 5.41) is 9.01. The molecule has 0 fully saturated rings. The van der Waals surface area contributed by atoms with E-state index in [2.05, 4.69) is 0 Å². The molecular formula is C13H17NO4. The summed E-state index contributed by atoms with van der Waals surface area (Å²) in [6, 6.07) is 5.33. The van der Waals surface area contributed by atoms with Crippen molar-refractivity contribution in [2.75, 3.05) is 32.3 Å². The Labute approximate surface area is 106 Å². The van der Waals surface area contributed by atoms with Crippen molar-refractivity contribution in [3.63, 3.8) is 0 Å². The molecule has 1 aliphatic rings. The maximum atomic E-state index is 11.5. The predicted octanol–water partition coefficient (Wildman–Crippen LogP) is 1.05. The van der Waals surface area contributed by atoms with E-state index in [1.807, 2.05) is 11.9 Å². The third-order valence-electron chi connectivity index (χ3n) is 3.20. The predicted molar refractivity (Wildman–Crippen MR) is 67.2 cm³/mol. The minimum atomic E-state index is -0.365. The number of aliphatic hydroxyl groups is 1. The lowest BCUT2D eigenvalue weighted by molar-refractivity contribution is 0.0600. The zero-order valence-corrected chi connectivity index (χ0v) is 10.5. The summed E-state index contributed by atoms with van der Waals surface area (Å²) in [6.45, 7) is 0.659. The van der Waals surface area contributed by atoms with Gasteiger partial charge in [0.1, 0.15) is 12.4 Å².